The molecule has 0 amide bonds. The number of nitrogens with one attached hydrogen (secondary N) is 1. The van der Waals surface area contributed by atoms with Crippen LogP contribution in [-0.4, -0.2) is 23.6 Å². The minimum atomic E-state index is 0.582. The molecule has 1 aliphatic carbocycles. The maximum absolute atomic E-state index is 3.43. The molecule has 1 heterocycles. The second kappa shape index (κ2) is 2.17. The Labute approximate surface area is 60.6 Å². The largest absolute Gasteiger partial charge is 0.315 e. The highest BCUT2D eigenvalue weighted by Crippen LogP contribution is 2.43. The fourth-order valence-corrected chi connectivity index (χ4v) is 2.79. The maximum atomic E-state index is 3.43. The minimum Gasteiger partial charge on any atom is -0.315 e. The lowest BCUT2D eigenvalue weighted by Crippen LogP contribution is -2.48. The van der Waals surface area contributed by atoms with Crippen molar-refractivity contribution in [3.63, 3.8) is 0 Å². The second-order valence-electron chi connectivity index (χ2n) is 2.83. The van der Waals surface area contributed by atoms with E-state index in [1.807, 2.05) is 0 Å². The molecule has 1 unspecified atom stereocenters. The van der Waals surface area contributed by atoms with Crippen LogP contribution in [0.3, 0.4) is 0 Å². The standard InChI is InChI=1S/C7H12NS/c1-2-7(3-1)6-8-4-5-9-7/h2,8H,1,3-6H2. The first-order valence-corrected chi connectivity index (χ1v) is 4.59. The number of thioether (sulfide) groups is 1. The quantitative estimate of drug-likeness (QED) is 0.543. The molecule has 0 bridgehead atoms. The van der Waals surface area contributed by atoms with Crippen LogP contribution in [0.2, 0.25) is 0 Å². The Kier molecular flexibility index (Phi) is 1.46. The third-order valence-electron chi connectivity index (χ3n) is 2.18. The lowest BCUT2D eigenvalue weighted by Gasteiger charge is -2.43. The molecule has 2 aliphatic rings. The summed E-state index contributed by atoms with van der Waals surface area (Å²) in [5, 5.41) is 3.43. The molecule has 1 N–H and O–H groups in total. The monoisotopic (exact) mass is 142 g/mol. The van der Waals surface area contributed by atoms with Crippen LogP contribution in [0.15, 0.2) is 0 Å². The summed E-state index contributed by atoms with van der Waals surface area (Å²) in [5.41, 5.74) is 0. The van der Waals surface area contributed by atoms with E-state index in [9.17, 15) is 0 Å². The number of rotatable bonds is 0. The van der Waals surface area contributed by atoms with Gasteiger partial charge in [0.05, 0.1) is 0 Å². The van der Waals surface area contributed by atoms with Gasteiger partial charge in [0.2, 0.25) is 0 Å². The van der Waals surface area contributed by atoms with Gasteiger partial charge in [-0.2, -0.15) is 11.8 Å². The van der Waals surface area contributed by atoms with E-state index < -0.39 is 0 Å². The summed E-state index contributed by atoms with van der Waals surface area (Å²) in [5.74, 6) is 1.30. The van der Waals surface area contributed by atoms with Gasteiger partial charge in [-0.25, -0.2) is 0 Å². The third-order valence-corrected chi connectivity index (χ3v) is 3.67. The zero-order valence-electron chi connectivity index (χ0n) is 5.52. The average Bonchev–Trinajstić information content (AvgIpc) is 1.87. The van der Waals surface area contributed by atoms with E-state index in [4.69, 9.17) is 0 Å². The normalized spacial score (nSPS) is 32.0. The van der Waals surface area contributed by atoms with Crippen molar-refractivity contribution in [1.82, 2.24) is 5.32 Å². The van der Waals surface area contributed by atoms with E-state index in [0.29, 0.717) is 4.75 Å². The highest BCUT2D eigenvalue weighted by molar-refractivity contribution is 8.00. The van der Waals surface area contributed by atoms with Crippen LogP contribution in [0.4, 0.5) is 0 Å². The predicted molar refractivity (Wildman–Crippen MR) is 41.6 cm³/mol. The lowest BCUT2D eigenvalue weighted by atomic mass is 9.84. The Hall–Kier alpha value is 0.310. The van der Waals surface area contributed by atoms with E-state index in [1.165, 1.54) is 31.7 Å². The van der Waals surface area contributed by atoms with Crippen molar-refractivity contribution in [2.45, 2.75) is 17.6 Å². The van der Waals surface area contributed by atoms with Crippen LogP contribution in [0.25, 0.3) is 0 Å². The van der Waals surface area contributed by atoms with Gasteiger partial charge in [0, 0.05) is 23.6 Å². The molecule has 1 aliphatic heterocycles. The predicted octanol–water partition coefficient (Wildman–Crippen LogP) is 1.06. The van der Waals surface area contributed by atoms with Gasteiger partial charge in [-0.3, -0.25) is 0 Å². The molecular formula is C7H12NS. The Bertz CT molecular complexity index is 101. The van der Waals surface area contributed by atoms with Crippen LogP contribution in [0, 0.1) is 6.42 Å². The van der Waals surface area contributed by atoms with Gasteiger partial charge in [-0.15, -0.1) is 0 Å². The molecule has 1 saturated heterocycles. The molecule has 1 radical (unpaired) electrons. The van der Waals surface area contributed by atoms with Crippen LogP contribution >= 0.6 is 11.8 Å². The molecule has 1 nitrogen and oxygen atoms in total. The van der Waals surface area contributed by atoms with Crippen LogP contribution in [0.1, 0.15) is 12.8 Å². The van der Waals surface area contributed by atoms with Gasteiger partial charge in [0.25, 0.3) is 0 Å². The summed E-state index contributed by atoms with van der Waals surface area (Å²) >= 11 is 2.13. The summed E-state index contributed by atoms with van der Waals surface area (Å²) in [6.07, 6.45) is 5.21. The Morgan fingerprint density at radius 2 is 2.44 bits per heavy atom. The van der Waals surface area contributed by atoms with Crippen LogP contribution in [-0.2, 0) is 0 Å². The molecular weight excluding hydrogens is 130 g/mol. The molecule has 2 heteroatoms. The number of hydrogen-bond acceptors (Lipinski definition) is 2. The molecule has 0 aromatic rings. The van der Waals surface area contributed by atoms with Gasteiger partial charge in [-0.1, -0.05) is 0 Å². The first kappa shape index (κ1) is 6.05. The summed E-state index contributed by atoms with van der Waals surface area (Å²) in [7, 11) is 0. The molecule has 1 atom stereocenters. The van der Waals surface area contributed by atoms with Crippen molar-refractivity contribution in [3.05, 3.63) is 6.42 Å². The second-order valence-corrected chi connectivity index (χ2v) is 4.34. The van der Waals surface area contributed by atoms with Crippen molar-refractivity contribution in [1.29, 1.82) is 0 Å². The van der Waals surface area contributed by atoms with Crippen LogP contribution < -0.4 is 5.32 Å². The number of hydrogen-bond donors (Lipinski definition) is 1. The van der Waals surface area contributed by atoms with Gasteiger partial charge in [0.1, 0.15) is 0 Å². The first-order valence-electron chi connectivity index (χ1n) is 3.60. The van der Waals surface area contributed by atoms with Crippen molar-refractivity contribution < 1.29 is 0 Å². The first-order chi connectivity index (χ1) is 4.41. The SMILES string of the molecule is [CH]1CCC12CNCCS2. The highest BCUT2D eigenvalue weighted by Gasteiger charge is 2.38. The van der Waals surface area contributed by atoms with Gasteiger partial charge >= 0.3 is 0 Å². The molecule has 9 heavy (non-hydrogen) atoms. The molecule has 0 aromatic heterocycles. The molecule has 2 rings (SSSR count). The summed E-state index contributed by atoms with van der Waals surface area (Å²) < 4.78 is 0.582. The summed E-state index contributed by atoms with van der Waals surface area (Å²) in [6.45, 7) is 2.43. The zero-order valence-corrected chi connectivity index (χ0v) is 6.34. The van der Waals surface area contributed by atoms with E-state index in [0.717, 1.165) is 0 Å². The van der Waals surface area contributed by atoms with E-state index >= 15 is 0 Å². The van der Waals surface area contributed by atoms with Crippen molar-refractivity contribution in [2.24, 2.45) is 0 Å². The smallest absolute Gasteiger partial charge is 0.0316 e. The lowest BCUT2D eigenvalue weighted by molar-refractivity contribution is 0.441. The molecule has 1 spiro atoms. The average molecular weight is 142 g/mol. The van der Waals surface area contributed by atoms with Gasteiger partial charge in [-0.05, 0) is 19.3 Å². The van der Waals surface area contributed by atoms with Gasteiger partial charge < -0.3 is 5.32 Å². The maximum Gasteiger partial charge on any atom is 0.0316 e. The Morgan fingerprint density at radius 1 is 1.56 bits per heavy atom. The van der Waals surface area contributed by atoms with Crippen molar-refractivity contribution in [3.8, 4) is 0 Å². The summed E-state index contributed by atoms with van der Waals surface area (Å²) in [6, 6.07) is 0. The van der Waals surface area contributed by atoms with E-state index in [2.05, 4.69) is 23.5 Å². The fourth-order valence-electron chi connectivity index (χ4n) is 1.44. The molecule has 0 aromatic carbocycles. The zero-order chi connectivity index (χ0) is 6.16. The molecule has 2 fully saturated rings. The van der Waals surface area contributed by atoms with Crippen LogP contribution in [0.5, 0.6) is 0 Å². The van der Waals surface area contributed by atoms with Crippen molar-refractivity contribution in [2.75, 3.05) is 18.8 Å². The summed E-state index contributed by atoms with van der Waals surface area (Å²) in [4.78, 5) is 0. The minimum absolute atomic E-state index is 0.582. The van der Waals surface area contributed by atoms with Crippen molar-refractivity contribution >= 4 is 11.8 Å². The topological polar surface area (TPSA) is 12.0 Å². The Balaban J connectivity index is 1.93. The fraction of sp³-hybridized carbons (Fsp3) is 0.857. The molecule has 1 saturated carbocycles. The van der Waals surface area contributed by atoms with E-state index in [1.54, 1.807) is 0 Å². The van der Waals surface area contributed by atoms with E-state index in [-0.39, 0.29) is 0 Å². The molecule has 51 valence electrons. The van der Waals surface area contributed by atoms with Gasteiger partial charge in [0.15, 0.2) is 0 Å². The highest BCUT2D eigenvalue weighted by atomic mass is 32.2. The third kappa shape index (κ3) is 0.987. The Morgan fingerprint density at radius 3 is 2.78 bits per heavy atom.